The van der Waals surface area contributed by atoms with E-state index in [1.807, 2.05) is 17.4 Å². The molecule has 4 heterocycles. The molecule has 128 valence electrons. The van der Waals surface area contributed by atoms with E-state index < -0.39 is 5.97 Å². The summed E-state index contributed by atoms with van der Waals surface area (Å²) in [5.74, 6) is 0.632. The monoisotopic (exact) mass is 347 g/mol. The van der Waals surface area contributed by atoms with E-state index in [1.54, 1.807) is 6.07 Å². The first-order valence-electron chi connectivity index (χ1n) is 8.30. The summed E-state index contributed by atoms with van der Waals surface area (Å²) < 4.78 is 16.5. The molecule has 2 aromatic rings. The number of hydrogen-bond donors (Lipinski definition) is 0. The number of nitrogens with zero attached hydrogens (tertiary/aromatic N) is 1. The number of esters is 1. The lowest BCUT2D eigenvalue weighted by Crippen LogP contribution is -2.45. The van der Waals surface area contributed by atoms with Crippen LogP contribution in [0.25, 0.3) is 0 Å². The Bertz CT molecular complexity index is 727. The summed E-state index contributed by atoms with van der Waals surface area (Å²) >= 11 is 1.83. The Balaban J connectivity index is 1.41. The summed E-state index contributed by atoms with van der Waals surface area (Å²) in [6.07, 6.45) is 3.04. The largest absolute Gasteiger partial charge is 0.463 e. The second-order valence-electron chi connectivity index (χ2n) is 6.40. The maximum absolute atomic E-state index is 11.5. The number of likely N-dealkylation sites (tertiary alicyclic amines) is 1. The highest BCUT2D eigenvalue weighted by Crippen LogP contribution is 2.44. The molecule has 2 aromatic heterocycles. The van der Waals surface area contributed by atoms with Gasteiger partial charge in [0.05, 0.1) is 20.3 Å². The number of carbonyl (C=O) groups excluding carboxylic acids is 1. The Morgan fingerprint density at radius 3 is 2.96 bits per heavy atom. The van der Waals surface area contributed by atoms with E-state index in [1.165, 1.54) is 17.6 Å². The van der Waals surface area contributed by atoms with Crippen molar-refractivity contribution in [1.29, 1.82) is 0 Å². The molecule has 0 unspecified atom stereocenters. The smallest absolute Gasteiger partial charge is 0.373 e. The molecule has 1 spiro atoms. The fraction of sp³-hybridized carbons (Fsp3) is 0.500. The van der Waals surface area contributed by atoms with E-state index in [-0.39, 0.29) is 11.4 Å². The molecular weight excluding hydrogens is 326 g/mol. The Kier molecular flexibility index (Phi) is 4.20. The van der Waals surface area contributed by atoms with Crippen molar-refractivity contribution in [3.63, 3.8) is 0 Å². The van der Waals surface area contributed by atoms with Crippen LogP contribution < -0.4 is 0 Å². The van der Waals surface area contributed by atoms with Crippen LogP contribution >= 0.6 is 11.3 Å². The minimum atomic E-state index is -0.431. The molecule has 0 bridgehead atoms. The van der Waals surface area contributed by atoms with Crippen LogP contribution in [-0.2, 0) is 28.0 Å². The number of carbonyl (C=O) groups is 1. The molecule has 24 heavy (non-hydrogen) atoms. The average Bonchev–Trinajstić information content (AvgIpc) is 3.26. The van der Waals surface area contributed by atoms with Gasteiger partial charge in [-0.2, -0.15) is 0 Å². The van der Waals surface area contributed by atoms with Gasteiger partial charge in [0.15, 0.2) is 0 Å². The van der Waals surface area contributed by atoms with Gasteiger partial charge in [-0.1, -0.05) is 0 Å². The van der Waals surface area contributed by atoms with Gasteiger partial charge in [-0.3, -0.25) is 4.90 Å². The Labute approximate surface area is 145 Å². The Hall–Kier alpha value is -1.63. The second kappa shape index (κ2) is 6.35. The number of piperidine rings is 1. The van der Waals surface area contributed by atoms with Gasteiger partial charge >= 0.3 is 5.97 Å². The lowest BCUT2D eigenvalue weighted by molar-refractivity contribution is -0.0966. The third-order valence-corrected chi connectivity index (χ3v) is 6.14. The maximum atomic E-state index is 11.5. The lowest BCUT2D eigenvalue weighted by atomic mass is 9.85. The topological polar surface area (TPSA) is 51.9 Å². The van der Waals surface area contributed by atoms with Gasteiger partial charge in [-0.05, 0) is 48.4 Å². The van der Waals surface area contributed by atoms with Gasteiger partial charge in [-0.15, -0.1) is 11.3 Å². The molecular formula is C18H21NO4S. The number of hydrogen-bond acceptors (Lipinski definition) is 6. The highest BCUT2D eigenvalue weighted by Gasteiger charge is 2.41. The zero-order valence-corrected chi connectivity index (χ0v) is 14.6. The fourth-order valence-corrected chi connectivity index (χ4v) is 4.86. The normalized spacial score (nSPS) is 20.0. The fourth-order valence-electron chi connectivity index (χ4n) is 3.69. The van der Waals surface area contributed by atoms with Crippen molar-refractivity contribution in [3.8, 4) is 0 Å². The van der Waals surface area contributed by atoms with Crippen LogP contribution in [0.5, 0.6) is 0 Å². The first-order valence-corrected chi connectivity index (χ1v) is 9.18. The Morgan fingerprint density at radius 2 is 2.17 bits per heavy atom. The molecule has 1 saturated heterocycles. The molecule has 0 amide bonds. The molecule has 0 saturated carbocycles. The highest BCUT2D eigenvalue weighted by atomic mass is 32.1. The molecule has 2 aliphatic heterocycles. The number of fused-ring (bicyclic) bond motifs is 2. The van der Waals surface area contributed by atoms with Gasteiger partial charge in [-0.25, -0.2) is 4.79 Å². The average molecular weight is 347 g/mol. The lowest BCUT2D eigenvalue weighted by Gasteiger charge is -2.43. The predicted molar refractivity (Wildman–Crippen MR) is 90.2 cm³/mol. The SMILES string of the molecule is COC(=O)c1ccc(CN2CCC3(CC2)OCCc2ccsc23)o1. The Morgan fingerprint density at radius 1 is 1.33 bits per heavy atom. The zero-order valence-electron chi connectivity index (χ0n) is 13.7. The van der Waals surface area contributed by atoms with Crippen LogP contribution in [0, 0.1) is 0 Å². The van der Waals surface area contributed by atoms with Gasteiger partial charge < -0.3 is 13.9 Å². The summed E-state index contributed by atoms with van der Waals surface area (Å²) in [5.41, 5.74) is 1.38. The van der Waals surface area contributed by atoms with E-state index in [2.05, 4.69) is 21.1 Å². The predicted octanol–water partition coefficient (Wildman–Crippen LogP) is 3.19. The van der Waals surface area contributed by atoms with E-state index >= 15 is 0 Å². The highest BCUT2D eigenvalue weighted by molar-refractivity contribution is 7.10. The first-order chi connectivity index (χ1) is 11.7. The van der Waals surface area contributed by atoms with E-state index in [9.17, 15) is 4.79 Å². The molecule has 0 aliphatic carbocycles. The molecule has 4 rings (SSSR count). The number of methoxy groups -OCH3 is 1. The summed E-state index contributed by atoms with van der Waals surface area (Å²) in [7, 11) is 1.36. The molecule has 0 atom stereocenters. The minimum Gasteiger partial charge on any atom is -0.463 e. The van der Waals surface area contributed by atoms with Crippen molar-refractivity contribution in [2.75, 3.05) is 26.8 Å². The zero-order chi connectivity index (χ0) is 16.6. The van der Waals surface area contributed by atoms with Crippen molar-refractivity contribution in [2.45, 2.75) is 31.4 Å². The molecule has 0 N–H and O–H groups in total. The maximum Gasteiger partial charge on any atom is 0.373 e. The summed E-state index contributed by atoms with van der Waals surface area (Å²) in [5, 5.41) is 2.19. The van der Waals surface area contributed by atoms with Crippen LogP contribution in [0.4, 0.5) is 0 Å². The van der Waals surface area contributed by atoms with Crippen LogP contribution in [0.15, 0.2) is 28.0 Å². The molecule has 6 heteroatoms. The third-order valence-electron chi connectivity index (χ3n) is 5.00. The van der Waals surface area contributed by atoms with Gasteiger partial charge in [0.1, 0.15) is 11.4 Å². The second-order valence-corrected chi connectivity index (χ2v) is 7.32. The standard InChI is InChI=1S/C18H21NO4S/c1-21-17(20)15-3-2-14(23-15)12-19-8-6-18(7-9-19)16-13(4-10-22-18)5-11-24-16/h2-3,5,11H,4,6-10,12H2,1H3. The molecule has 5 nitrogen and oxygen atoms in total. The van der Waals surface area contributed by atoms with Crippen molar-refractivity contribution in [3.05, 3.63) is 45.5 Å². The molecule has 1 fully saturated rings. The summed E-state index contributed by atoms with van der Waals surface area (Å²) in [6, 6.07) is 5.77. The van der Waals surface area contributed by atoms with Crippen LogP contribution in [0.1, 0.15) is 39.6 Å². The van der Waals surface area contributed by atoms with E-state index in [4.69, 9.17) is 9.15 Å². The van der Waals surface area contributed by atoms with Gasteiger partial charge in [0.25, 0.3) is 0 Å². The minimum absolute atomic E-state index is 0.0847. The summed E-state index contributed by atoms with van der Waals surface area (Å²) in [6.45, 7) is 3.46. The van der Waals surface area contributed by atoms with Crippen molar-refractivity contribution in [1.82, 2.24) is 4.90 Å². The van der Waals surface area contributed by atoms with Crippen LogP contribution in [0.3, 0.4) is 0 Å². The van der Waals surface area contributed by atoms with E-state index in [0.29, 0.717) is 6.54 Å². The quantitative estimate of drug-likeness (QED) is 0.798. The first kappa shape index (κ1) is 15.9. The number of ether oxygens (including phenoxy) is 2. The molecule has 0 aromatic carbocycles. The van der Waals surface area contributed by atoms with Gasteiger partial charge in [0.2, 0.25) is 5.76 Å². The van der Waals surface area contributed by atoms with Crippen LogP contribution in [-0.4, -0.2) is 37.7 Å². The molecule has 0 radical (unpaired) electrons. The number of furan rings is 1. The van der Waals surface area contributed by atoms with Crippen molar-refractivity contribution >= 4 is 17.3 Å². The summed E-state index contributed by atoms with van der Waals surface area (Å²) in [4.78, 5) is 15.3. The number of rotatable bonds is 3. The van der Waals surface area contributed by atoms with Crippen LogP contribution in [0.2, 0.25) is 0 Å². The molecule has 2 aliphatic rings. The number of thiophene rings is 1. The third kappa shape index (κ3) is 2.79. The van der Waals surface area contributed by atoms with Crippen molar-refractivity contribution < 1.29 is 18.7 Å². The van der Waals surface area contributed by atoms with E-state index in [0.717, 1.165) is 44.7 Å². The van der Waals surface area contributed by atoms with Gasteiger partial charge in [0, 0.05) is 18.0 Å². The van der Waals surface area contributed by atoms with Crippen molar-refractivity contribution in [2.24, 2.45) is 0 Å².